The van der Waals surface area contributed by atoms with Crippen LogP contribution in [0.25, 0.3) is 11.5 Å². The molecule has 0 aromatic carbocycles. The van der Waals surface area contributed by atoms with Crippen molar-refractivity contribution >= 4 is 28.2 Å². The normalized spacial score (nSPS) is 17.2. The maximum absolute atomic E-state index is 13.0. The minimum absolute atomic E-state index is 0.233. The highest BCUT2D eigenvalue weighted by atomic mass is 32.1. The van der Waals surface area contributed by atoms with E-state index in [1.165, 1.54) is 16.9 Å². The molecule has 2 aliphatic carbocycles. The molecule has 2 N–H and O–H groups in total. The van der Waals surface area contributed by atoms with Gasteiger partial charge in [-0.2, -0.15) is 4.98 Å². The molecule has 0 spiro atoms. The van der Waals surface area contributed by atoms with E-state index >= 15 is 0 Å². The predicted octanol–water partition coefficient (Wildman–Crippen LogP) is 4.27. The summed E-state index contributed by atoms with van der Waals surface area (Å²) < 4.78 is 5.43. The number of carbonyl (C=O) groups is 2. The van der Waals surface area contributed by atoms with Crippen molar-refractivity contribution in [1.29, 1.82) is 0 Å². The average Bonchev–Trinajstić information content (AvgIpc) is 3.16. The van der Waals surface area contributed by atoms with E-state index in [-0.39, 0.29) is 11.5 Å². The second kappa shape index (κ2) is 7.87. The lowest BCUT2D eigenvalue weighted by atomic mass is 9.91. The number of thiophene rings is 1. The number of nitrogens with one attached hydrogen (secondary N) is 1. The molecule has 2 aromatic heterocycles. The topological polar surface area (TPSA) is 105 Å². The Hall–Kier alpha value is -2.48. The molecule has 8 heteroatoms. The third-order valence-electron chi connectivity index (χ3n) is 5.39. The van der Waals surface area contributed by atoms with E-state index in [1.54, 1.807) is 18.3 Å². The second-order valence-electron chi connectivity index (χ2n) is 7.34. The van der Waals surface area contributed by atoms with Crippen molar-refractivity contribution in [3.63, 3.8) is 0 Å². The van der Waals surface area contributed by atoms with Crippen LogP contribution in [-0.4, -0.2) is 27.1 Å². The predicted molar refractivity (Wildman–Crippen MR) is 105 cm³/mol. The van der Waals surface area contributed by atoms with Crippen LogP contribution >= 0.6 is 11.3 Å². The number of carboxylic acids is 1. The molecule has 2 heterocycles. The Kier molecular flexibility index (Phi) is 5.30. The molecule has 0 aliphatic heterocycles. The number of hydrogen-bond donors (Lipinski definition) is 2. The lowest BCUT2D eigenvalue weighted by Crippen LogP contribution is -2.21. The Morgan fingerprint density at radius 1 is 1.04 bits per heavy atom. The second-order valence-corrected chi connectivity index (χ2v) is 8.44. The molecule has 2 aromatic rings. The Morgan fingerprint density at radius 3 is 2.46 bits per heavy atom. The zero-order valence-corrected chi connectivity index (χ0v) is 16.7. The Bertz CT molecular complexity index is 957. The van der Waals surface area contributed by atoms with Gasteiger partial charge in [-0.1, -0.05) is 11.6 Å². The van der Waals surface area contributed by atoms with Gasteiger partial charge in [0.15, 0.2) is 5.82 Å². The van der Waals surface area contributed by atoms with Crippen molar-refractivity contribution in [3.8, 4) is 11.5 Å². The van der Waals surface area contributed by atoms with Crippen molar-refractivity contribution in [2.45, 2.75) is 64.7 Å². The van der Waals surface area contributed by atoms with Gasteiger partial charge < -0.3 is 14.9 Å². The number of carboxylic acid groups (broad SMARTS) is 1. The number of aliphatic carboxylic acids is 1. The molecule has 2 aliphatic rings. The number of rotatable bonds is 4. The van der Waals surface area contributed by atoms with Crippen LogP contribution in [0.1, 0.15) is 61.2 Å². The first-order valence-corrected chi connectivity index (χ1v) is 10.6. The van der Waals surface area contributed by atoms with Gasteiger partial charge in [0.2, 0.25) is 0 Å². The Morgan fingerprint density at radius 2 is 1.75 bits per heavy atom. The van der Waals surface area contributed by atoms with E-state index in [9.17, 15) is 14.7 Å². The molecular weight excluding hydrogens is 378 g/mol. The van der Waals surface area contributed by atoms with Gasteiger partial charge in [0.25, 0.3) is 11.8 Å². The fraction of sp³-hybridized carbons (Fsp3) is 0.500. The highest BCUT2D eigenvalue weighted by Gasteiger charge is 2.28. The lowest BCUT2D eigenvalue weighted by molar-refractivity contribution is -0.133. The molecule has 148 valence electrons. The smallest absolute Gasteiger partial charge is 0.332 e. The van der Waals surface area contributed by atoms with Crippen LogP contribution in [0.15, 0.2) is 15.7 Å². The lowest BCUT2D eigenvalue weighted by Gasteiger charge is -2.17. The molecule has 0 saturated carbocycles. The Labute approximate surface area is 166 Å². The number of fused-ring (bicyclic) bond motifs is 1. The fourth-order valence-corrected chi connectivity index (χ4v) is 5.30. The van der Waals surface area contributed by atoms with Gasteiger partial charge in [-0.25, -0.2) is 4.79 Å². The maximum Gasteiger partial charge on any atom is 0.332 e. The third-order valence-corrected chi connectivity index (χ3v) is 6.60. The molecule has 0 bridgehead atoms. The van der Waals surface area contributed by atoms with Gasteiger partial charge in [-0.3, -0.25) is 4.79 Å². The minimum atomic E-state index is -1.00. The van der Waals surface area contributed by atoms with E-state index in [0.717, 1.165) is 44.1 Å². The van der Waals surface area contributed by atoms with Gasteiger partial charge in [-0.05, 0) is 63.9 Å². The van der Waals surface area contributed by atoms with Crippen LogP contribution in [0.2, 0.25) is 0 Å². The molecule has 1 amide bonds. The Balaban J connectivity index is 1.73. The first-order valence-electron chi connectivity index (χ1n) is 9.76. The summed E-state index contributed by atoms with van der Waals surface area (Å²) in [6.07, 6.45) is 7.85. The zero-order valence-electron chi connectivity index (χ0n) is 15.8. The van der Waals surface area contributed by atoms with Crippen LogP contribution < -0.4 is 5.32 Å². The molecule has 7 nitrogen and oxygen atoms in total. The summed E-state index contributed by atoms with van der Waals surface area (Å²) in [5.41, 5.74) is 2.61. The SMILES string of the molecule is Cc1noc(-c2c(NC(=O)C3=C(C(=O)O)CCCC3)sc3c2CCCCC3)n1. The van der Waals surface area contributed by atoms with Crippen LogP contribution in [0.5, 0.6) is 0 Å². The van der Waals surface area contributed by atoms with Crippen molar-refractivity contribution in [3.05, 3.63) is 27.4 Å². The van der Waals surface area contributed by atoms with E-state index in [1.807, 2.05) is 0 Å². The number of aromatic nitrogens is 2. The number of nitrogens with zero attached hydrogens (tertiary/aromatic N) is 2. The molecule has 0 saturated heterocycles. The molecule has 0 fully saturated rings. The van der Waals surface area contributed by atoms with Crippen molar-refractivity contribution in [2.75, 3.05) is 5.32 Å². The van der Waals surface area contributed by atoms with Gasteiger partial charge in [0.05, 0.1) is 5.56 Å². The molecule has 4 rings (SSSR count). The summed E-state index contributed by atoms with van der Waals surface area (Å²) in [5, 5.41) is 17.0. The monoisotopic (exact) mass is 401 g/mol. The summed E-state index contributed by atoms with van der Waals surface area (Å²) in [6, 6.07) is 0. The standard InChI is InChI=1S/C20H23N3O4S/c1-11-21-18(27-23-11)16-14-9-3-2-4-10-15(14)28-19(16)22-17(24)12-7-5-6-8-13(12)20(25)26/h2-10H2,1H3,(H,22,24)(H,25,26). The summed E-state index contributed by atoms with van der Waals surface area (Å²) in [6.45, 7) is 1.77. The third kappa shape index (κ3) is 3.61. The maximum atomic E-state index is 13.0. The molecular formula is C20H23N3O4S. The highest BCUT2D eigenvalue weighted by molar-refractivity contribution is 7.17. The fourth-order valence-electron chi connectivity index (χ4n) is 4.03. The molecule has 28 heavy (non-hydrogen) atoms. The van der Waals surface area contributed by atoms with Gasteiger partial charge in [0, 0.05) is 16.0 Å². The summed E-state index contributed by atoms with van der Waals surface area (Å²) in [4.78, 5) is 30.1. The average molecular weight is 401 g/mol. The quantitative estimate of drug-likeness (QED) is 0.741. The molecule has 0 radical (unpaired) electrons. The number of amides is 1. The van der Waals surface area contributed by atoms with Crippen LogP contribution in [-0.2, 0) is 22.4 Å². The molecule has 0 unspecified atom stereocenters. The summed E-state index contributed by atoms with van der Waals surface area (Å²) in [5.74, 6) is -0.363. The highest BCUT2D eigenvalue weighted by Crippen LogP contribution is 2.43. The van der Waals surface area contributed by atoms with Gasteiger partial charge >= 0.3 is 5.97 Å². The first-order chi connectivity index (χ1) is 13.5. The largest absolute Gasteiger partial charge is 0.478 e. The number of hydrogen-bond acceptors (Lipinski definition) is 6. The van der Waals surface area contributed by atoms with Crippen LogP contribution in [0.4, 0.5) is 5.00 Å². The van der Waals surface area contributed by atoms with Gasteiger partial charge in [0.1, 0.15) is 5.00 Å². The van der Waals surface area contributed by atoms with E-state index in [0.29, 0.717) is 35.1 Å². The summed E-state index contributed by atoms with van der Waals surface area (Å²) >= 11 is 1.55. The number of anilines is 1. The summed E-state index contributed by atoms with van der Waals surface area (Å²) in [7, 11) is 0. The van der Waals surface area contributed by atoms with Gasteiger partial charge in [-0.15, -0.1) is 11.3 Å². The first kappa shape index (κ1) is 18.9. The van der Waals surface area contributed by atoms with Crippen LogP contribution in [0.3, 0.4) is 0 Å². The van der Waals surface area contributed by atoms with E-state index < -0.39 is 5.97 Å². The number of aryl methyl sites for hydroxylation is 2. The zero-order chi connectivity index (χ0) is 19.7. The number of carbonyl (C=O) groups excluding carboxylic acids is 1. The van der Waals surface area contributed by atoms with E-state index in [4.69, 9.17) is 4.52 Å². The molecule has 0 atom stereocenters. The minimum Gasteiger partial charge on any atom is -0.478 e. The van der Waals surface area contributed by atoms with Crippen LogP contribution in [0, 0.1) is 6.92 Å². The van der Waals surface area contributed by atoms with Crippen molar-refractivity contribution in [2.24, 2.45) is 0 Å². The van der Waals surface area contributed by atoms with Crippen molar-refractivity contribution in [1.82, 2.24) is 10.1 Å². The van der Waals surface area contributed by atoms with E-state index in [2.05, 4.69) is 15.5 Å². The van der Waals surface area contributed by atoms with Crippen molar-refractivity contribution < 1.29 is 19.2 Å².